The first-order valence-electron chi connectivity index (χ1n) is 13.4. The smallest absolute Gasteiger partial charge is 0.321 e. The number of carbonyl (C=O) groups excluding carboxylic acids is 3. The highest BCUT2D eigenvalue weighted by Gasteiger charge is 2.24. The lowest BCUT2D eigenvalue weighted by Crippen LogP contribution is -2.48. The average molecular weight is 550 g/mol. The van der Waals surface area contributed by atoms with Crippen molar-refractivity contribution in [2.75, 3.05) is 13.1 Å². The van der Waals surface area contributed by atoms with Crippen LogP contribution in [0.15, 0.2) is 23.1 Å². The van der Waals surface area contributed by atoms with Crippen LogP contribution < -0.4 is 10.6 Å². The normalized spacial score (nSPS) is 15.4. The van der Waals surface area contributed by atoms with Crippen molar-refractivity contribution in [3.8, 4) is 0 Å². The Hall–Kier alpha value is -2.99. The molecule has 3 amide bonds. The van der Waals surface area contributed by atoms with E-state index in [0.717, 1.165) is 37.6 Å². The lowest BCUT2D eigenvalue weighted by Gasteiger charge is -2.23. The number of aromatic nitrogens is 2. The number of rotatable bonds is 11. The number of benzene rings is 1. The number of fused-ring (bicyclic) bond motifs is 1. The Morgan fingerprint density at radius 3 is 2.45 bits per heavy atom. The van der Waals surface area contributed by atoms with Crippen molar-refractivity contribution in [2.45, 2.75) is 96.2 Å². The maximum absolute atomic E-state index is 12.9. The van der Waals surface area contributed by atoms with Crippen LogP contribution in [0.5, 0.6) is 0 Å². The number of aryl methyl sites for hydroxylation is 2. The molecule has 1 heterocycles. The van der Waals surface area contributed by atoms with Gasteiger partial charge >= 0.3 is 12.0 Å². The van der Waals surface area contributed by atoms with Crippen molar-refractivity contribution in [2.24, 2.45) is 0 Å². The molecule has 0 radical (unpaired) electrons. The number of esters is 1. The van der Waals surface area contributed by atoms with E-state index in [9.17, 15) is 22.8 Å². The summed E-state index contributed by atoms with van der Waals surface area (Å²) in [5.74, 6) is -0.671. The minimum atomic E-state index is -3.62. The summed E-state index contributed by atoms with van der Waals surface area (Å²) in [5.41, 5.74) is 1.30. The number of carbonyl (C=O) groups is 3. The molecule has 11 nitrogen and oxygen atoms in total. The number of nitrogens with one attached hydrogen (secondary N) is 2. The van der Waals surface area contributed by atoms with Crippen molar-refractivity contribution in [1.82, 2.24) is 24.5 Å². The standard InChI is InChI=1S/C26H39N5O6S/c1-5-30(6-2)38(35,36)20-13-14-22-21(17-20)28-23(31(22)7-3)15-16-24(32)37-18(4)25(33)29-26(34)27-19-11-9-8-10-12-19/h13-14,17-19H,5-12,15-16H2,1-4H3,(H2,27,29,33,34)/t18-/m1/s1. The summed E-state index contributed by atoms with van der Waals surface area (Å²) >= 11 is 0. The van der Waals surface area contributed by atoms with Gasteiger partial charge in [0.1, 0.15) is 5.82 Å². The highest BCUT2D eigenvalue weighted by Crippen LogP contribution is 2.24. The maximum atomic E-state index is 12.9. The van der Waals surface area contributed by atoms with E-state index in [2.05, 4.69) is 15.6 Å². The molecule has 38 heavy (non-hydrogen) atoms. The summed E-state index contributed by atoms with van der Waals surface area (Å²) in [4.78, 5) is 41.6. The first-order chi connectivity index (χ1) is 18.1. The number of imidazole rings is 1. The average Bonchev–Trinajstić information content (AvgIpc) is 3.25. The van der Waals surface area contributed by atoms with Crippen LogP contribution in [-0.2, 0) is 37.3 Å². The molecule has 0 aliphatic heterocycles. The number of urea groups is 1. The second kappa shape index (κ2) is 13.2. The van der Waals surface area contributed by atoms with Crippen LogP contribution in [-0.4, -0.2) is 65.4 Å². The fourth-order valence-corrected chi connectivity index (χ4v) is 6.26. The summed E-state index contributed by atoms with van der Waals surface area (Å²) in [6.45, 7) is 8.26. The lowest BCUT2D eigenvalue weighted by atomic mass is 9.96. The van der Waals surface area contributed by atoms with Crippen molar-refractivity contribution in [3.05, 3.63) is 24.0 Å². The monoisotopic (exact) mass is 549 g/mol. The lowest BCUT2D eigenvalue weighted by molar-refractivity contribution is -0.154. The van der Waals surface area contributed by atoms with Gasteiger partial charge in [-0.3, -0.25) is 14.9 Å². The SMILES string of the molecule is CCN(CC)S(=O)(=O)c1ccc2c(c1)nc(CCC(=O)O[C@H](C)C(=O)NC(=O)NC1CCCCC1)n2CC. The van der Waals surface area contributed by atoms with Crippen molar-refractivity contribution in [3.63, 3.8) is 0 Å². The summed E-state index contributed by atoms with van der Waals surface area (Å²) < 4.78 is 34.4. The largest absolute Gasteiger partial charge is 0.453 e. The molecule has 0 bridgehead atoms. The zero-order valence-electron chi connectivity index (χ0n) is 22.7. The zero-order valence-corrected chi connectivity index (χ0v) is 23.5. The van der Waals surface area contributed by atoms with Crippen LogP contribution in [0.1, 0.15) is 72.0 Å². The Morgan fingerprint density at radius 1 is 1.13 bits per heavy atom. The fraction of sp³-hybridized carbons (Fsp3) is 0.615. The molecule has 1 atom stereocenters. The number of amides is 3. The number of ether oxygens (including phenoxy) is 1. The summed E-state index contributed by atoms with van der Waals surface area (Å²) in [6, 6.07) is 4.34. The van der Waals surface area contributed by atoms with E-state index < -0.39 is 34.0 Å². The van der Waals surface area contributed by atoms with E-state index in [-0.39, 0.29) is 23.8 Å². The molecule has 12 heteroatoms. The number of imide groups is 1. The molecule has 3 rings (SSSR count). The highest BCUT2D eigenvalue weighted by atomic mass is 32.2. The van der Waals surface area contributed by atoms with Gasteiger partial charge < -0.3 is 14.6 Å². The Balaban J connectivity index is 1.59. The van der Waals surface area contributed by atoms with Gasteiger partial charge in [0.2, 0.25) is 10.0 Å². The van der Waals surface area contributed by atoms with Crippen molar-refractivity contribution >= 4 is 39.0 Å². The molecule has 0 unspecified atom stereocenters. The van der Waals surface area contributed by atoms with Gasteiger partial charge in [-0.1, -0.05) is 33.1 Å². The summed E-state index contributed by atoms with van der Waals surface area (Å²) in [5, 5.41) is 5.03. The summed E-state index contributed by atoms with van der Waals surface area (Å²) in [7, 11) is -3.62. The van der Waals surface area contributed by atoms with Crippen LogP contribution in [0.2, 0.25) is 0 Å². The highest BCUT2D eigenvalue weighted by molar-refractivity contribution is 7.89. The molecule has 0 spiro atoms. The molecule has 2 aromatic rings. The van der Waals surface area contributed by atoms with Crippen LogP contribution in [0.4, 0.5) is 4.79 Å². The van der Waals surface area contributed by atoms with E-state index in [4.69, 9.17) is 4.74 Å². The number of nitrogens with zero attached hydrogens (tertiary/aromatic N) is 3. The molecular weight excluding hydrogens is 510 g/mol. The van der Waals surface area contributed by atoms with Crippen LogP contribution in [0.25, 0.3) is 11.0 Å². The fourth-order valence-electron chi connectivity index (χ4n) is 4.78. The molecule has 2 N–H and O–H groups in total. The second-order valence-electron chi connectivity index (χ2n) is 9.44. The molecule has 1 saturated carbocycles. The van der Waals surface area contributed by atoms with Gasteiger partial charge in [0, 0.05) is 32.1 Å². The first-order valence-corrected chi connectivity index (χ1v) is 14.8. The van der Waals surface area contributed by atoms with E-state index in [1.54, 1.807) is 32.0 Å². The predicted molar refractivity (Wildman–Crippen MR) is 143 cm³/mol. The van der Waals surface area contributed by atoms with Gasteiger partial charge in [0.15, 0.2) is 6.10 Å². The third-order valence-electron chi connectivity index (χ3n) is 6.87. The van der Waals surface area contributed by atoms with Crippen LogP contribution in [0, 0.1) is 0 Å². The molecule has 1 aliphatic carbocycles. The molecule has 1 aromatic heterocycles. The number of sulfonamides is 1. The van der Waals surface area contributed by atoms with Gasteiger partial charge in [0.05, 0.1) is 22.3 Å². The topological polar surface area (TPSA) is 140 Å². The van der Waals surface area contributed by atoms with Gasteiger partial charge in [-0.25, -0.2) is 18.2 Å². The predicted octanol–water partition coefficient (Wildman–Crippen LogP) is 3.11. The van der Waals surface area contributed by atoms with Gasteiger partial charge in [-0.2, -0.15) is 4.31 Å². The van der Waals surface area contributed by atoms with Gasteiger partial charge in [-0.15, -0.1) is 0 Å². The number of hydrogen-bond donors (Lipinski definition) is 2. The van der Waals surface area contributed by atoms with Gasteiger partial charge in [0.25, 0.3) is 5.91 Å². The first kappa shape index (κ1) is 29.6. The molecule has 1 aliphatic rings. The minimum Gasteiger partial charge on any atom is -0.453 e. The molecule has 0 saturated heterocycles. The van der Waals surface area contributed by atoms with E-state index >= 15 is 0 Å². The third kappa shape index (κ3) is 7.10. The Morgan fingerprint density at radius 2 is 1.82 bits per heavy atom. The Kier molecular flexibility index (Phi) is 10.3. The molecular formula is C26H39N5O6S. The Labute approximate surface area is 224 Å². The Bertz CT molecular complexity index is 1250. The van der Waals surface area contributed by atoms with Crippen molar-refractivity contribution < 1.29 is 27.5 Å². The number of hydrogen-bond acceptors (Lipinski definition) is 7. The maximum Gasteiger partial charge on any atom is 0.321 e. The zero-order chi connectivity index (χ0) is 27.9. The van der Waals surface area contributed by atoms with E-state index in [0.29, 0.717) is 31.0 Å². The van der Waals surface area contributed by atoms with Crippen molar-refractivity contribution in [1.29, 1.82) is 0 Å². The van der Waals surface area contributed by atoms with Crippen LogP contribution >= 0.6 is 0 Å². The summed E-state index contributed by atoms with van der Waals surface area (Å²) in [6.07, 6.45) is 4.13. The third-order valence-corrected chi connectivity index (χ3v) is 8.91. The molecule has 1 aromatic carbocycles. The van der Waals surface area contributed by atoms with Gasteiger partial charge in [-0.05, 0) is 44.9 Å². The van der Waals surface area contributed by atoms with Crippen LogP contribution in [0.3, 0.4) is 0 Å². The minimum absolute atomic E-state index is 0.0280. The van der Waals surface area contributed by atoms with E-state index in [1.807, 2.05) is 11.5 Å². The quantitative estimate of drug-likeness (QED) is 0.411. The second-order valence-corrected chi connectivity index (χ2v) is 11.4. The molecule has 1 fully saturated rings. The van der Waals surface area contributed by atoms with E-state index in [1.165, 1.54) is 11.2 Å². The molecule has 210 valence electrons.